The van der Waals surface area contributed by atoms with E-state index in [1.807, 2.05) is 30.3 Å². The van der Waals surface area contributed by atoms with Crippen LogP contribution >= 0.6 is 23.4 Å². The average molecular weight is 447 g/mol. The fourth-order valence-electron chi connectivity index (χ4n) is 3.30. The SMILES string of the molecule is CC(COC1C(=O)SC(=O)N1Cc1ccccc1)N1COc2ccc(Cl)cc2C1=O. The minimum absolute atomic E-state index is 0.0675. The van der Waals surface area contributed by atoms with Gasteiger partial charge in [0.15, 0.2) is 6.73 Å². The fourth-order valence-corrected chi connectivity index (χ4v) is 4.22. The van der Waals surface area contributed by atoms with Crippen molar-refractivity contribution in [1.29, 1.82) is 0 Å². The number of fused-ring (bicyclic) bond motifs is 1. The first-order valence-electron chi connectivity index (χ1n) is 9.35. The van der Waals surface area contributed by atoms with Crippen LogP contribution in [0.2, 0.25) is 5.02 Å². The van der Waals surface area contributed by atoms with Gasteiger partial charge in [-0.2, -0.15) is 0 Å². The molecule has 2 aliphatic rings. The van der Waals surface area contributed by atoms with Gasteiger partial charge in [-0.05, 0) is 30.7 Å². The van der Waals surface area contributed by atoms with Gasteiger partial charge in [0.05, 0.1) is 18.2 Å². The quantitative estimate of drug-likeness (QED) is 0.672. The maximum absolute atomic E-state index is 12.8. The van der Waals surface area contributed by atoms with Crippen LogP contribution in [-0.4, -0.2) is 51.7 Å². The van der Waals surface area contributed by atoms with Crippen molar-refractivity contribution in [3.05, 3.63) is 64.7 Å². The number of benzene rings is 2. The third kappa shape index (κ3) is 4.16. The van der Waals surface area contributed by atoms with Crippen molar-refractivity contribution in [2.45, 2.75) is 25.7 Å². The van der Waals surface area contributed by atoms with E-state index >= 15 is 0 Å². The predicted molar refractivity (Wildman–Crippen MR) is 112 cm³/mol. The van der Waals surface area contributed by atoms with E-state index in [0.29, 0.717) is 28.1 Å². The zero-order valence-corrected chi connectivity index (χ0v) is 17.7. The maximum Gasteiger partial charge on any atom is 0.292 e. The number of hydrogen-bond donors (Lipinski definition) is 0. The summed E-state index contributed by atoms with van der Waals surface area (Å²) >= 11 is 6.64. The Kier molecular flexibility index (Phi) is 5.99. The van der Waals surface area contributed by atoms with Crippen molar-refractivity contribution < 1.29 is 23.9 Å². The maximum atomic E-state index is 12.8. The molecule has 0 N–H and O–H groups in total. The molecule has 0 aromatic heterocycles. The van der Waals surface area contributed by atoms with Crippen LogP contribution < -0.4 is 4.74 Å². The van der Waals surface area contributed by atoms with Crippen LogP contribution in [0.4, 0.5) is 4.79 Å². The smallest absolute Gasteiger partial charge is 0.292 e. The lowest BCUT2D eigenvalue weighted by Crippen LogP contribution is -2.47. The first-order chi connectivity index (χ1) is 14.4. The first kappa shape index (κ1) is 20.7. The molecule has 2 amide bonds. The summed E-state index contributed by atoms with van der Waals surface area (Å²) in [6.07, 6.45) is -0.993. The largest absolute Gasteiger partial charge is 0.472 e. The molecule has 1 fully saturated rings. The first-order valence-corrected chi connectivity index (χ1v) is 10.5. The van der Waals surface area contributed by atoms with Crippen molar-refractivity contribution in [3.8, 4) is 5.75 Å². The van der Waals surface area contributed by atoms with Gasteiger partial charge in [-0.1, -0.05) is 41.9 Å². The third-order valence-corrected chi connectivity index (χ3v) is 5.97. The van der Waals surface area contributed by atoms with Crippen LogP contribution in [0.15, 0.2) is 48.5 Å². The number of amides is 2. The number of halogens is 1. The lowest BCUT2D eigenvalue weighted by molar-refractivity contribution is -0.131. The lowest BCUT2D eigenvalue weighted by atomic mass is 10.1. The average Bonchev–Trinajstić information content (AvgIpc) is 3.00. The molecular weight excluding hydrogens is 428 g/mol. The van der Waals surface area contributed by atoms with Gasteiger partial charge in [0.25, 0.3) is 11.1 Å². The van der Waals surface area contributed by atoms with E-state index in [-0.39, 0.29) is 42.2 Å². The van der Waals surface area contributed by atoms with Crippen LogP contribution in [0.5, 0.6) is 5.75 Å². The van der Waals surface area contributed by atoms with Crippen LogP contribution in [0.1, 0.15) is 22.8 Å². The lowest BCUT2D eigenvalue weighted by Gasteiger charge is -2.34. The molecule has 2 aromatic carbocycles. The van der Waals surface area contributed by atoms with Crippen LogP contribution in [0, 0.1) is 0 Å². The normalized spacial score (nSPS) is 19.7. The molecule has 0 radical (unpaired) electrons. The molecule has 156 valence electrons. The van der Waals surface area contributed by atoms with Crippen LogP contribution in [0.3, 0.4) is 0 Å². The molecule has 0 aliphatic carbocycles. The van der Waals surface area contributed by atoms with E-state index in [1.165, 1.54) is 9.80 Å². The molecule has 2 heterocycles. The number of rotatable bonds is 6. The van der Waals surface area contributed by atoms with E-state index in [9.17, 15) is 14.4 Å². The molecule has 1 saturated heterocycles. The highest BCUT2D eigenvalue weighted by Crippen LogP contribution is 2.30. The molecule has 0 spiro atoms. The summed E-state index contributed by atoms with van der Waals surface area (Å²) in [7, 11) is 0. The molecule has 2 aliphatic heterocycles. The number of nitrogens with zero attached hydrogens (tertiary/aromatic N) is 2. The van der Waals surface area contributed by atoms with Gasteiger partial charge in [0.1, 0.15) is 5.75 Å². The molecule has 4 rings (SSSR count). The summed E-state index contributed by atoms with van der Waals surface area (Å²) in [5, 5.41) is -0.260. The van der Waals surface area contributed by atoms with E-state index in [2.05, 4.69) is 0 Å². The van der Waals surface area contributed by atoms with Crippen molar-refractivity contribution in [1.82, 2.24) is 9.80 Å². The second kappa shape index (κ2) is 8.67. The molecule has 2 atom stereocenters. The molecule has 2 aromatic rings. The van der Waals surface area contributed by atoms with Crippen molar-refractivity contribution >= 4 is 39.6 Å². The highest BCUT2D eigenvalue weighted by atomic mass is 35.5. The summed E-state index contributed by atoms with van der Waals surface area (Å²) in [5.41, 5.74) is 1.28. The Hall–Kier alpha value is -2.55. The Labute approximate surface area is 182 Å². The van der Waals surface area contributed by atoms with Crippen molar-refractivity contribution in [3.63, 3.8) is 0 Å². The van der Waals surface area contributed by atoms with E-state index < -0.39 is 6.23 Å². The molecule has 30 heavy (non-hydrogen) atoms. The summed E-state index contributed by atoms with van der Waals surface area (Å²) in [4.78, 5) is 40.3. The van der Waals surface area contributed by atoms with Crippen LogP contribution in [0.25, 0.3) is 0 Å². The zero-order chi connectivity index (χ0) is 21.3. The van der Waals surface area contributed by atoms with Gasteiger partial charge < -0.3 is 14.4 Å². The summed E-state index contributed by atoms with van der Waals surface area (Å²) in [5.74, 6) is 0.259. The van der Waals surface area contributed by atoms with Crippen molar-refractivity contribution in [2.24, 2.45) is 0 Å². The van der Waals surface area contributed by atoms with Gasteiger partial charge in [-0.25, -0.2) is 0 Å². The Balaban J connectivity index is 1.42. The summed E-state index contributed by atoms with van der Waals surface area (Å²) < 4.78 is 11.5. The molecule has 7 nitrogen and oxygen atoms in total. The highest BCUT2D eigenvalue weighted by molar-refractivity contribution is 8.26. The number of carbonyl (C=O) groups is 3. The second-order valence-electron chi connectivity index (χ2n) is 7.02. The highest BCUT2D eigenvalue weighted by Gasteiger charge is 2.41. The number of ether oxygens (including phenoxy) is 2. The molecule has 0 saturated carbocycles. The van der Waals surface area contributed by atoms with Gasteiger partial charge in [0.2, 0.25) is 11.3 Å². The van der Waals surface area contributed by atoms with E-state index in [0.717, 1.165) is 5.56 Å². The fraction of sp³-hybridized carbons (Fsp3) is 0.286. The summed E-state index contributed by atoms with van der Waals surface area (Å²) in [6.45, 7) is 2.21. The molecule has 2 unspecified atom stereocenters. The molecule has 9 heteroatoms. The van der Waals surface area contributed by atoms with E-state index in [4.69, 9.17) is 21.1 Å². The predicted octanol–water partition coefficient (Wildman–Crippen LogP) is 3.76. The van der Waals surface area contributed by atoms with Gasteiger partial charge in [-0.3, -0.25) is 19.3 Å². The van der Waals surface area contributed by atoms with Gasteiger partial charge >= 0.3 is 0 Å². The number of thioether (sulfide) groups is 1. The molecule has 0 bridgehead atoms. The monoisotopic (exact) mass is 446 g/mol. The minimum Gasteiger partial charge on any atom is -0.472 e. The van der Waals surface area contributed by atoms with E-state index in [1.54, 1.807) is 25.1 Å². The topological polar surface area (TPSA) is 76.2 Å². The Bertz CT molecular complexity index is 987. The van der Waals surface area contributed by atoms with Gasteiger partial charge in [0, 0.05) is 23.3 Å². The van der Waals surface area contributed by atoms with Crippen LogP contribution in [-0.2, 0) is 16.1 Å². The summed E-state index contributed by atoms with van der Waals surface area (Å²) in [6, 6.07) is 13.9. The number of hydrogen-bond acceptors (Lipinski definition) is 6. The third-order valence-electron chi connectivity index (χ3n) is 4.92. The minimum atomic E-state index is -0.993. The molecular formula is C21H19ClN2O5S. The number of carbonyl (C=O) groups excluding carboxylic acids is 3. The van der Waals surface area contributed by atoms with Crippen molar-refractivity contribution in [2.75, 3.05) is 13.3 Å². The standard InChI is InChI=1S/C21H19ClN2O5S/c1-13(24-12-29-17-8-7-15(22)9-16(17)18(24)25)11-28-19-20(26)30-21(27)23(19)10-14-5-3-2-4-6-14/h2-9,13,19H,10-12H2,1H3. The Morgan fingerprint density at radius 3 is 2.73 bits per heavy atom. The van der Waals surface area contributed by atoms with Gasteiger partial charge in [-0.15, -0.1) is 0 Å². The Morgan fingerprint density at radius 1 is 1.20 bits per heavy atom. The zero-order valence-electron chi connectivity index (χ0n) is 16.1. The second-order valence-corrected chi connectivity index (χ2v) is 8.42. The Morgan fingerprint density at radius 2 is 1.97 bits per heavy atom.